The van der Waals surface area contributed by atoms with Gasteiger partial charge in [0.1, 0.15) is 0 Å². The third-order valence-electron chi connectivity index (χ3n) is 5.68. The van der Waals surface area contributed by atoms with Gasteiger partial charge in [-0.25, -0.2) is 0 Å². The zero-order chi connectivity index (χ0) is 19.4. The van der Waals surface area contributed by atoms with Gasteiger partial charge in [0.15, 0.2) is 5.96 Å². The highest BCUT2D eigenvalue weighted by Gasteiger charge is 2.26. The average molecular weight is 516 g/mol. The number of fused-ring (bicyclic) bond motifs is 1. The number of guanidine groups is 1. The third-order valence-corrected chi connectivity index (χ3v) is 7.42. The molecule has 1 aliphatic carbocycles. The Hall–Kier alpha value is -1.09. The first-order chi connectivity index (χ1) is 13.0. The van der Waals surface area contributed by atoms with Crippen LogP contribution in [-0.4, -0.2) is 39.2 Å². The lowest BCUT2D eigenvalue weighted by molar-refractivity contribution is 0.413. The highest BCUT2D eigenvalue weighted by Crippen LogP contribution is 2.24. The first-order valence-corrected chi connectivity index (χ1v) is 11.3. The molecule has 1 fully saturated rings. The Balaban J connectivity index is 0.00000280. The number of rotatable bonds is 5. The van der Waals surface area contributed by atoms with E-state index in [1.165, 1.54) is 27.7 Å². The van der Waals surface area contributed by atoms with Crippen molar-refractivity contribution in [3.8, 4) is 0 Å². The van der Waals surface area contributed by atoms with Crippen molar-refractivity contribution in [2.75, 3.05) is 12.8 Å². The summed E-state index contributed by atoms with van der Waals surface area (Å²) in [4.78, 5) is 7.80. The van der Waals surface area contributed by atoms with E-state index in [1.807, 2.05) is 14.0 Å². The van der Waals surface area contributed by atoms with Gasteiger partial charge >= 0.3 is 0 Å². The molecular formula is C21H33IN4OS. The molecule has 1 aliphatic rings. The van der Waals surface area contributed by atoms with Crippen LogP contribution in [0.4, 0.5) is 0 Å². The fraction of sp³-hybridized carbons (Fsp3) is 0.571. The summed E-state index contributed by atoms with van der Waals surface area (Å²) in [5.74, 6) is 1.58. The lowest BCUT2D eigenvalue weighted by Crippen LogP contribution is -2.46. The fourth-order valence-corrected chi connectivity index (χ4v) is 5.29. The molecule has 2 aromatic rings. The Bertz CT molecular complexity index is 848. The van der Waals surface area contributed by atoms with Crippen LogP contribution in [0.3, 0.4) is 0 Å². The highest BCUT2D eigenvalue weighted by molar-refractivity contribution is 14.0. The second-order valence-electron chi connectivity index (χ2n) is 7.48. The van der Waals surface area contributed by atoms with E-state index >= 15 is 0 Å². The molecule has 0 spiro atoms. The summed E-state index contributed by atoms with van der Waals surface area (Å²) in [6.07, 6.45) is 4.30. The minimum Gasteiger partial charge on any atom is -0.358 e. The van der Waals surface area contributed by atoms with Gasteiger partial charge in [0.2, 0.25) is 0 Å². The summed E-state index contributed by atoms with van der Waals surface area (Å²) in [5, 5.41) is 8.58. The molecule has 0 saturated heterocycles. The van der Waals surface area contributed by atoms with Crippen molar-refractivity contribution in [3.05, 3.63) is 35.0 Å². The Morgan fingerprint density at radius 3 is 2.82 bits per heavy atom. The number of aliphatic imine (C=N–C) groups is 1. The standard InChI is InChI=1S/C21H32N4OS.HI/c1-5-27(26)18-8-6-7-17(12-18)25-21(22-4)23-13-16-9-10-20-19(11-16)14(2)15(3)24-20;/h9-11,17-18,24H,5-8,12-13H2,1-4H3,(H2,22,23,25);1H. The second kappa shape index (κ2) is 10.6. The van der Waals surface area contributed by atoms with E-state index in [0.29, 0.717) is 11.3 Å². The van der Waals surface area contributed by atoms with Gasteiger partial charge in [-0.05, 0) is 56.4 Å². The fourth-order valence-electron chi connectivity index (χ4n) is 3.94. The Labute approximate surface area is 188 Å². The van der Waals surface area contributed by atoms with Crippen LogP contribution in [0.1, 0.15) is 49.4 Å². The second-order valence-corrected chi connectivity index (χ2v) is 9.49. The zero-order valence-corrected chi connectivity index (χ0v) is 20.4. The molecule has 3 atom stereocenters. The molecular weight excluding hydrogens is 483 g/mol. The van der Waals surface area contributed by atoms with Crippen LogP contribution in [0, 0.1) is 13.8 Å². The number of nitrogens with one attached hydrogen (secondary N) is 3. The third kappa shape index (κ3) is 5.49. The first kappa shape index (κ1) is 23.2. The summed E-state index contributed by atoms with van der Waals surface area (Å²) >= 11 is 0. The van der Waals surface area contributed by atoms with E-state index in [1.54, 1.807) is 0 Å². The predicted octanol–water partition coefficient (Wildman–Crippen LogP) is 4.15. The molecule has 5 nitrogen and oxygen atoms in total. The molecule has 3 rings (SSSR count). The predicted molar refractivity (Wildman–Crippen MR) is 131 cm³/mol. The van der Waals surface area contributed by atoms with Crippen molar-refractivity contribution in [1.29, 1.82) is 0 Å². The molecule has 1 aromatic heterocycles. The first-order valence-electron chi connectivity index (χ1n) is 9.94. The van der Waals surface area contributed by atoms with E-state index in [4.69, 9.17) is 0 Å². The van der Waals surface area contributed by atoms with Crippen molar-refractivity contribution < 1.29 is 4.21 Å². The van der Waals surface area contributed by atoms with Gasteiger partial charge in [0, 0.05) is 58.0 Å². The molecule has 3 N–H and O–H groups in total. The van der Waals surface area contributed by atoms with Gasteiger partial charge in [0.25, 0.3) is 0 Å². The molecule has 0 bridgehead atoms. The van der Waals surface area contributed by atoms with Crippen LogP contribution in [0.5, 0.6) is 0 Å². The van der Waals surface area contributed by atoms with Gasteiger partial charge in [-0.1, -0.05) is 19.4 Å². The number of hydrogen-bond acceptors (Lipinski definition) is 2. The zero-order valence-electron chi connectivity index (χ0n) is 17.3. The van der Waals surface area contributed by atoms with Crippen LogP contribution in [0.15, 0.2) is 23.2 Å². The van der Waals surface area contributed by atoms with Crippen LogP contribution in [-0.2, 0) is 17.3 Å². The lowest BCUT2D eigenvalue weighted by Gasteiger charge is -2.30. The largest absolute Gasteiger partial charge is 0.358 e. The van der Waals surface area contributed by atoms with E-state index in [9.17, 15) is 4.21 Å². The van der Waals surface area contributed by atoms with E-state index in [2.05, 4.69) is 52.7 Å². The van der Waals surface area contributed by atoms with Crippen LogP contribution >= 0.6 is 24.0 Å². The molecule has 1 aromatic carbocycles. The number of nitrogens with zero attached hydrogens (tertiary/aromatic N) is 1. The van der Waals surface area contributed by atoms with Crippen LogP contribution in [0.2, 0.25) is 0 Å². The van der Waals surface area contributed by atoms with E-state index < -0.39 is 10.8 Å². The van der Waals surface area contributed by atoms with Crippen molar-refractivity contribution >= 4 is 51.6 Å². The smallest absolute Gasteiger partial charge is 0.191 e. The van der Waals surface area contributed by atoms with Crippen molar-refractivity contribution in [1.82, 2.24) is 15.6 Å². The molecule has 0 amide bonds. The van der Waals surface area contributed by atoms with E-state index in [-0.39, 0.29) is 24.0 Å². The summed E-state index contributed by atoms with van der Waals surface area (Å²) in [6, 6.07) is 6.89. The SMILES string of the molecule is CCS(=O)C1CCCC(NC(=NC)NCc2ccc3[nH]c(C)c(C)c3c2)C1.I. The van der Waals surface area contributed by atoms with Crippen LogP contribution in [0.25, 0.3) is 10.9 Å². The number of H-pyrrole nitrogens is 1. The quantitative estimate of drug-likeness (QED) is 0.318. The normalized spacial score (nSPS) is 21.2. The average Bonchev–Trinajstić information content (AvgIpc) is 2.98. The van der Waals surface area contributed by atoms with Gasteiger partial charge in [-0.15, -0.1) is 24.0 Å². The van der Waals surface area contributed by atoms with Gasteiger partial charge < -0.3 is 15.6 Å². The molecule has 0 aliphatic heterocycles. The van der Waals surface area contributed by atoms with Crippen molar-refractivity contribution in [2.24, 2.45) is 4.99 Å². The minimum absolute atomic E-state index is 0. The number of hydrogen-bond donors (Lipinski definition) is 3. The maximum absolute atomic E-state index is 12.1. The van der Waals surface area contributed by atoms with Crippen LogP contribution < -0.4 is 10.6 Å². The van der Waals surface area contributed by atoms with Gasteiger partial charge in [-0.2, -0.15) is 0 Å². The maximum atomic E-state index is 12.1. The molecule has 156 valence electrons. The lowest BCUT2D eigenvalue weighted by atomic mass is 9.95. The molecule has 1 heterocycles. The molecule has 0 radical (unpaired) electrons. The number of halogens is 1. The Morgan fingerprint density at radius 2 is 2.11 bits per heavy atom. The topological polar surface area (TPSA) is 69.3 Å². The number of aryl methyl sites for hydroxylation is 2. The Morgan fingerprint density at radius 1 is 1.32 bits per heavy atom. The summed E-state index contributed by atoms with van der Waals surface area (Å²) < 4.78 is 12.1. The summed E-state index contributed by atoms with van der Waals surface area (Å²) in [5.41, 5.74) is 4.96. The molecule has 3 unspecified atom stereocenters. The van der Waals surface area contributed by atoms with Gasteiger partial charge in [0.05, 0.1) is 0 Å². The number of aromatic amines is 1. The number of benzene rings is 1. The maximum Gasteiger partial charge on any atom is 0.191 e. The molecule has 28 heavy (non-hydrogen) atoms. The van der Waals surface area contributed by atoms with E-state index in [0.717, 1.165) is 43.9 Å². The van der Waals surface area contributed by atoms with Gasteiger partial charge in [-0.3, -0.25) is 9.20 Å². The summed E-state index contributed by atoms with van der Waals surface area (Å²) in [7, 11) is 1.11. The summed E-state index contributed by atoms with van der Waals surface area (Å²) in [6.45, 7) is 7.02. The minimum atomic E-state index is -0.701. The highest BCUT2D eigenvalue weighted by atomic mass is 127. The van der Waals surface area contributed by atoms with Crippen molar-refractivity contribution in [3.63, 3.8) is 0 Å². The number of aromatic nitrogens is 1. The molecule has 1 saturated carbocycles. The van der Waals surface area contributed by atoms with Crippen molar-refractivity contribution in [2.45, 2.75) is 64.3 Å². The monoisotopic (exact) mass is 516 g/mol. The Kier molecular flexibility index (Phi) is 8.80. The molecule has 7 heteroatoms.